The molecule has 1 aliphatic heterocycles. The summed E-state index contributed by atoms with van der Waals surface area (Å²) in [6.45, 7) is 4.33. The zero-order chi connectivity index (χ0) is 19.4. The Bertz CT molecular complexity index is 984. The summed E-state index contributed by atoms with van der Waals surface area (Å²) in [5, 5.41) is 5.08. The maximum atomic E-state index is 12.2. The third kappa shape index (κ3) is 4.95. The number of ether oxygens (including phenoxy) is 1. The van der Waals surface area contributed by atoms with E-state index in [4.69, 9.17) is 16.3 Å². The first-order valence-corrected chi connectivity index (χ1v) is 9.17. The first-order valence-electron chi connectivity index (χ1n) is 8.79. The summed E-state index contributed by atoms with van der Waals surface area (Å²) in [5.41, 5.74) is 2.28. The SMILES string of the molecule is Cc1cc2c(cc1C)=NC(=O)C(CCNC(=O)COc1ccc(Cl)cc1)C=2. The lowest BCUT2D eigenvalue weighted by atomic mass is 9.98. The molecule has 1 atom stereocenters. The second-order valence-corrected chi connectivity index (χ2v) is 7.04. The van der Waals surface area contributed by atoms with Crippen molar-refractivity contribution >= 4 is 29.5 Å². The number of halogens is 1. The molecule has 0 aliphatic carbocycles. The molecule has 0 bridgehead atoms. The maximum Gasteiger partial charge on any atom is 0.257 e. The van der Waals surface area contributed by atoms with E-state index < -0.39 is 0 Å². The molecular weight excluding hydrogens is 364 g/mol. The van der Waals surface area contributed by atoms with Crippen LogP contribution < -0.4 is 20.6 Å². The van der Waals surface area contributed by atoms with Gasteiger partial charge in [0.25, 0.3) is 11.8 Å². The molecule has 2 aromatic rings. The van der Waals surface area contributed by atoms with Crippen molar-refractivity contribution in [2.45, 2.75) is 20.3 Å². The Morgan fingerprint density at radius 3 is 2.63 bits per heavy atom. The van der Waals surface area contributed by atoms with Gasteiger partial charge in [-0.1, -0.05) is 17.7 Å². The molecule has 2 aromatic carbocycles. The largest absolute Gasteiger partial charge is 0.484 e. The third-order valence-electron chi connectivity index (χ3n) is 4.53. The molecule has 6 heteroatoms. The van der Waals surface area contributed by atoms with E-state index in [-0.39, 0.29) is 24.3 Å². The predicted octanol–water partition coefficient (Wildman–Crippen LogP) is 2.10. The average molecular weight is 385 g/mol. The fourth-order valence-electron chi connectivity index (χ4n) is 2.85. The molecule has 0 spiro atoms. The highest BCUT2D eigenvalue weighted by Gasteiger charge is 2.18. The van der Waals surface area contributed by atoms with Crippen LogP contribution in [0.1, 0.15) is 17.5 Å². The number of nitrogens with zero attached hydrogens (tertiary/aromatic N) is 1. The molecule has 27 heavy (non-hydrogen) atoms. The van der Waals surface area contributed by atoms with Crippen molar-refractivity contribution in [3.8, 4) is 5.75 Å². The summed E-state index contributed by atoms with van der Waals surface area (Å²) >= 11 is 5.80. The Morgan fingerprint density at radius 2 is 1.89 bits per heavy atom. The third-order valence-corrected chi connectivity index (χ3v) is 4.78. The lowest BCUT2D eigenvalue weighted by molar-refractivity contribution is -0.124. The van der Waals surface area contributed by atoms with Gasteiger partial charge in [0.1, 0.15) is 5.75 Å². The van der Waals surface area contributed by atoms with Gasteiger partial charge in [0.05, 0.1) is 11.3 Å². The highest BCUT2D eigenvalue weighted by atomic mass is 35.5. The van der Waals surface area contributed by atoms with Gasteiger partial charge in [-0.25, -0.2) is 4.99 Å². The normalized spacial score (nSPS) is 15.4. The predicted molar refractivity (Wildman–Crippen MR) is 104 cm³/mol. The molecule has 0 aromatic heterocycles. The van der Waals surface area contributed by atoms with Crippen LogP contribution in [0.2, 0.25) is 5.02 Å². The fourth-order valence-corrected chi connectivity index (χ4v) is 2.97. The maximum absolute atomic E-state index is 12.2. The smallest absolute Gasteiger partial charge is 0.257 e. The molecule has 0 fully saturated rings. The zero-order valence-corrected chi connectivity index (χ0v) is 16.0. The second-order valence-electron chi connectivity index (χ2n) is 6.60. The van der Waals surface area contributed by atoms with Crippen molar-refractivity contribution in [1.82, 2.24) is 5.32 Å². The summed E-state index contributed by atoms with van der Waals surface area (Å²) in [4.78, 5) is 28.3. The Balaban J connectivity index is 1.51. The first-order chi connectivity index (χ1) is 12.9. The number of hydrogen-bond acceptors (Lipinski definition) is 3. The van der Waals surface area contributed by atoms with Crippen molar-refractivity contribution < 1.29 is 14.3 Å². The Labute approximate surface area is 162 Å². The van der Waals surface area contributed by atoms with Crippen LogP contribution >= 0.6 is 11.6 Å². The zero-order valence-electron chi connectivity index (χ0n) is 15.3. The van der Waals surface area contributed by atoms with Gasteiger partial charge in [0.15, 0.2) is 6.61 Å². The molecule has 1 heterocycles. The van der Waals surface area contributed by atoms with Crippen LogP contribution in [0.5, 0.6) is 5.75 Å². The molecule has 5 nitrogen and oxygen atoms in total. The standard InChI is InChI=1S/C21H21ClN2O3/c1-13-9-16-11-15(21(26)24-19(16)10-14(13)2)7-8-23-20(25)12-27-18-5-3-17(22)4-6-18/h3-6,9-11,15H,7-8,12H2,1-2H3,(H,23,25). The van der Waals surface area contributed by atoms with Crippen LogP contribution in [-0.2, 0) is 9.59 Å². The molecule has 1 aliphatic rings. The molecule has 0 radical (unpaired) electrons. The molecule has 140 valence electrons. The van der Waals surface area contributed by atoms with Crippen molar-refractivity contribution in [2.24, 2.45) is 10.9 Å². The van der Waals surface area contributed by atoms with Crippen LogP contribution in [0.15, 0.2) is 41.4 Å². The van der Waals surface area contributed by atoms with Gasteiger partial charge in [-0.15, -0.1) is 0 Å². The second kappa shape index (κ2) is 8.35. The molecule has 1 N–H and O–H groups in total. The van der Waals surface area contributed by atoms with Crippen molar-refractivity contribution in [3.63, 3.8) is 0 Å². The van der Waals surface area contributed by atoms with E-state index in [1.807, 2.05) is 32.1 Å². The van der Waals surface area contributed by atoms with Gasteiger partial charge in [0.2, 0.25) is 0 Å². The monoisotopic (exact) mass is 384 g/mol. The number of benzene rings is 2. The Kier molecular flexibility index (Phi) is 5.91. The van der Waals surface area contributed by atoms with Gasteiger partial charge in [-0.2, -0.15) is 0 Å². The molecular formula is C21H21ClN2O3. The lowest BCUT2D eigenvalue weighted by Crippen LogP contribution is -2.36. The van der Waals surface area contributed by atoms with E-state index in [9.17, 15) is 9.59 Å². The van der Waals surface area contributed by atoms with Crippen LogP contribution in [0.4, 0.5) is 0 Å². The van der Waals surface area contributed by atoms with Gasteiger partial charge in [0, 0.05) is 11.6 Å². The molecule has 3 rings (SSSR count). The number of carbonyl (C=O) groups is 2. The minimum absolute atomic E-state index is 0.0877. The quantitative estimate of drug-likeness (QED) is 0.829. The van der Waals surface area contributed by atoms with Crippen molar-refractivity contribution in [1.29, 1.82) is 0 Å². The van der Waals surface area contributed by atoms with Crippen LogP contribution in [-0.4, -0.2) is 25.0 Å². The Hall–Kier alpha value is -2.66. The van der Waals surface area contributed by atoms with E-state index in [2.05, 4.69) is 10.3 Å². The van der Waals surface area contributed by atoms with E-state index in [0.29, 0.717) is 23.7 Å². The van der Waals surface area contributed by atoms with Gasteiger partial charge in [-0.3, -0.25) is 9.59 Å². The summed E-state index contributed by atoms with van der Waals surface area (Å²) in [6, 6.07) is 10.8. The number of amides is 2. The van der Waals surface area contributed by atoms with E-state index in [1.165, 1.54) is 5.56 Å². The van der Waals surface area contributed by atoms with Gasteiger partial charge < -0.3 is 10.1 Å². The molecule has 2 amide bonds. The van der Waals surface area contributed by atoms with Crippen molar-refractivity contribution in [2.75, 3.05) is 13.2 Å². The summed E-state index contributed by atoms with van der Waals surface area (Å²) in [6.07, 6.45) is 2.44. The summed E-state index contributed by atoms with van der Waals surface area (Å²) < 4.78 is 5.39. The summed E-state index contributed by atoms with van der Waals surface area (Å²) in [5.74, 6) is -0.155. The van der Waals surface area contributed by atoms with E-state index in [0.717, 1.165) is 16.1 Å². The summed E-state index contributed by atoms with van der Waals surface area (Å²) in [7, 11) is 0. The topological polar surface area (TPSA) is 67.8 Å². The number of rotatable bonds is 6. The highest BCUT2D eigenvalue weighted by molar-refractivity contribution is 6.30. The minimum Gasteiger partial charge on any atom is -0.484 e. The van der Waals surface area contributed by atoms with Crippen LogP contribution in [0.25, 0.3) is 6.08 Å². The van der Waals surface area contributed by atoms with E-state index >= 15 is 0 Å². The van der Waals surface area contributed by atoms with Crippen LogP contribution in [0.3, 0.4) is 0 Å². The molecule has 0 saturated carbocycles. The Morgan fingerprint density at radius 1 is 1.19 bits per heavy atom. The highest BCUT2D eigenvalue weighted by Crippen LogP contribution is 2.15. The number of hydrogen-bond donors (Lipinski definition) is 1. The number of aryl methyl sites for hydroxylation is 2. The van der Waals surface area contributed by atoms with Gasteiger partial charge >= 0.3 is 0 Å². The number of fused-ring (bicyclic) bond motifs is 1. The molecule has 0 saturated heterocycles. The van der Waals surface area contributed by atoms with Crippen molar-refractivity contribution in [3.05, 3.63) is 63.1 Å². The first kappa shape index (κ1) is 19.1. The number of carbonyl (C=O) groups excluding carboxylic acids is 2. The van der Waals surface area contributed by atoms with E-state index in [1.54, 1.807) is 24.3 Å². The number of nitrogens with one attached hydrogen (secondary N) is 1. The molecule has 1 unspecified atom stereocenters. The fraction of sp³-hybridized carbons (Fsp3) is 0.286. The van der Waals surface area contributed by atoms with Crippen LogP contribution in [0, 0.1) is 19.8 Å². The van der Waals surface area contributed by atoms with Gasteiger partial charge in [-0.05, 0) is 73.0 Å². The average Bonchev–Trinajstić information content (AvgIpc) is 2.63. The minimum atomic E-state index is -0.322. The lowest BCUT2D eigenvalue weighted by Gasteiger charge is -2.14.